The predicted molar refractivity (Wildman–Crippen MR) is 78.3 cm³/mol. The monoisotopic (exact) mass is 291 g/mol. The van der Waals surface area contributed by atoms with E-state index in [1.54, 1.807) is 13.0 Å². The second-order valence-corrected chi connectivity index (χ2v) is 5.05. The summed E-state index contributed by atoms with van der Waals surface area (Å²) < 4.78 is 0. The zero-order valence-corrected chi connectivity index (χ0v) is 11.6. The minimum absolute atomic E-state index is 0.108. The van der Waals surface area contributed by atoms with E-state index < -0.39 is 4.92 Å². The Morgan fingerprint density at radius 1 is 1.30 bits per heavy atom. The lowest BCUT2D eigenvalue weighted by Crippen LogP contribution is -2.00. The van der Waals surface area contributed by atoms with Crippen LogP contribution in [0.3, 0.4) is 0 Å². The quantitative estimate of drug-likeness (QED) is 0.383. The lowest BCUT2D eigenvalue weighted by atomic mass is 10.1. The Bertz CT molecular complexity index is 642. The van der Waals surface area contributed by atoms with Gasteiger partial charge in [0.05, 0.1) is 4.92 Å². The molecule has 104 valence electrons. The van der Waals surface area contributed by atoms with E-state index in [0.717, 1.165) is 5.56 Å². The molecule has 0 saturated heterocycles. The number of benzene rings is 1. The van der Waals surface area contributed by atoms with Gasteiger partial charge in [0.25, 0.3) is 5.69 Å². The third-order valence-electron chi connectivity index (χ3n) is 2.72. The summed E-state index contributed by atoms with van der Waals surface area (Å²) in [6, 6.07) is 6.46. The van der Waals surface area contributed by atoms with E-state index in [0.29, 0.717) is 28.1 Å². The Kier molecular flexibility index (Phi) is 4.04. The molecular weight excluding hydrogens is 278 g/mol. The largest absolute Gasteiger partial charge is 0.383 e. The van der Waals surface area contributed by atoms with Crippen LogP contribution < -0.4 is 11.5 Å². The molecule has 2 aromatic rings. The minimum Gasteiger partial charge on any atom is -0.383 e. The molecule has 1 aromatic carbocycles. The van der Waals surface area contributed by atoms with Gasteiger partial charge in [0.2, 0.25) is 0 Å². The van der Waals surface area contributed by atoms with Crippen LogP contribution in [0.5, 0.6) is 0 Å². The molecule has 0 fully saturated rings. The van der Waals surface area contributed by atoms with Gasteiger partial charge in [-0.25, -0.2) is 9.97 Å². The standard InChI is InChI=1S/C12H13N5O2S/c1-7-8(3-2-4-9(7)17(18)19)6-20-12-15-10(13)5-11(14)16-12/h2-5H,6H2,1H3,(H4,13,14,15,16). The van der Waals surface area contributed by atoms with Crippen LogP contribution in [-0.2, 0) is 5.75 Å². The van der Waals surface area contributed by atoms with Crippen molar-refractivity contribution in [3.63, 3.8) is 0 Å². The molecule has 0 amide bonds. The third kappa shape index (κ3) is 3.15. The van der Waals surface area contributed by atoms with E-state index in [2.05, 4.69) is 9.97 Å². The molecule has 0 saturated carbocycles. The highest BCUT2D eigenvalue weighted by Crippen LogP contribution is 2.27. The summed E-state index contributed by atoms with van der Waals surface area (Å²) in [5.74, 6) is 1.11. The van der Waals surface area contributed by atoms with Crippen molar-refractivity contribution in [3.05, 3.63) is 45.5 Å². The number of nitrogen functional groups attached to an aromatic ring is 2. The van der Waals surface area contributed by atoms with Crippen molar-refractivity contribution in [2.75, 3.05) is 11.5 Å². The fraction of sp³-hybridized carbons (Fsp3) is 0.167. The van der Waals surface area contributed by atoms with Gasteiger partial charge in [-0.2, -0.15) is 0 Å². The molecule has 1 aromatic heterocycles. The zero-order valence-electron chi connectivity index (χ0n) is 10.7. The first-order valence-electron chi connectivity index (χ1n) is 5.73. The molecule has 2 rings (SSSR count). The number of nitro groups is 1. The van der Waals surface area contributed by atoms with Crippen molar-refractivity contribution < 1.29 is 4.92 Å². The molecule has 20 heavy (non-hydrogen) atoms. The lowest BCUT2D eigenvalue weighted by molar-refractivity contribution is -0.385. The number of nitrogens with zero attached hydrogens (tertiary/aromatic N) is 3. The number of nitrogens with two attached hydrogens (primary N) is 2. The number of hydrogen-bond acceptors (Lipinski definition) is 7. The normalized spacial score (nSPS) is 10.4. The number of thioether (sulfide) groups is 1. The molecule has 7 nitrogen and oxygen atoms in total. The molecule has 0 aliphatic carbocycles. The summed E-state index contributed by atoms with van der Waals surface area (Å²) in [5.41, 5.74) is 12.8. The van der Waals surface area contributed by atoms with Crippen molar-refractivity contribution in [2.45, 2.75) is 17.8 Å². The van der Waals surface area contributed by atoms with E-state index in [9.17, 15) is 10.1 Å². The summed E-state index contributed by atoms with van der Waals surface area (Å²) in [7, 11) is 0. The van der Waals surface area contributed by atoms with E-state index in [1.807, 2.05) is 6.07 Å². The van der Waals surface area contributed by atoms with Gasteiger partial charge in [-0.3, -0.25) is 10.1 Å². The van der Waals surface area contributed by atoms with Gasteiger partial charge in [-0.1, -0.05) is 23.9 Å². The Labute approximate surface area is 119 Å². The Morgan fingerprint density at radius 3 is 2.55 bits per heavy atom. The minimum atomic E-state index is -0.390. The van der Waals surface area contributed by atoms with Crippen LogP contribution in [0, 0.1) is 17.0 Å². The molecular formula is C12H13N5O2S. The topological polar surface area (TPSA) is 121 Å². The van der Waals surface area contributed by atoms with Gasteiger partial charge in [0.1, 0.15) is 11.6 Å². The molecule has 8 heteroatoms. The number of aromatic nitrogens is 2. The summed E-state index contributed by atoms with van der Waals surface area (Å²) in [6.45, 7) is 1.72. The predicted octanol–water partition coefficient (Wildman–Crippen LogP) is 2.15. The summed E-state index contributed by atoms with van der Waals surface area (Å²) in [5, 5.41) is 11.3. The van der Waals surface area contributed by atoms with Gasteiger partial charge in [-0.15, -0.1) is 0 Å². The average molecular weight is 291 g/mol. The number of rotatable bonds is 4. The van der Waals surface area contributed by atoms with E-state index >= 15 is 0 Å². The van der Waals surface area contributed by atoms with Crippen LogP contribution >= 0.6 is 11.8 Å². The van der Waals surface area contributed by atoms with E-state index in [1.165, 1.54) is 23.9 Å². The van der Waals surface area contributed by atoms with E-state index in [-0.39, 0.29) is 5.69 Å². The van der Waals surface area contributed by atoms with Crippen LogP contribution in [0.2, 0.25) is 0 Å². The van der Waals surface area contributed by atoms with Crippen molar-refractivity contribution in [3.8, 4) is 0 Å². The number of nitro benzene ring substituents is 1. The molecule has 0 atom stereocenters. The van der Waals surface area contributed by atoms with Crippen LogP contribution in [0.15, 0.2) is 29.4 Å². The maximum absolute atomic E-state index is 10.9. The highest BCUT2D eigenvalue weighted by atomic mass is 32.2. The molecule has 0 spiro atoms. The molecule has 0 aliphatic rings. The lowest BCUT2D eigenvalue weighted by Gasteiger charge is -2.06. The molecule has 4 N–H and O–H groups in total. The first-order chi connectivity index (χ1) is 9.47. The zero-order chi connectivity index (χ0) is 14.7. The molecule has 0 aliphatic heterocycles. The molecule has 1 heterocycles. The number of hydrogen-bond donors (Lipinski definition) is 2. The Balaban J connectivity index is 2.19. The van der Waals surface area contributed by atoms with E-state index in [4.69, 9.17) is 11.5 Å². The first-order valence-corrected chi connectivity index (χ1v) is 6.71. The van der Waals surface area contributed by atoms with Gasteiger partial charge >= 0.3 is 0 Å². The van der Waals surface area contributed by atoms with Crippen LogP contribution in [0.4, 0.5) is 17.3 Å². The van der Waals surface area contributed by atoms with Crippen molar-refractivity contribution in [2.24, 2.45) is 0 Å². The molecule has 0 unspecified atom stereocenters. The van der Waals surface area contributed by atoms with Gasteiger partial charge in [0.15, 0.2) is 5.16 Å². The highest BCUT2D eigenvalue weighted by molar-refractivity contribution is 7.98. The second kappa shape index (κ2) is 5.74. The van der Waals surface area contributed by atoms with Crippen LogP contribution in [0.1, 0.15) is 11.1 Å². The third-order valence-corrected chi connectivity index (χ3v) is 3.61. The molecule has 0 radical (unpaired) electrons. The average Bonchev–Trinajstić information content (AvgIpc) is 2.36. The molecule has 0 bridgehead atoms. The first kappa shape index (κ1) is 14.1. The van der Waals surface area contributed by atoms with Crippen LogP contribution in [-0.4, -0.2) is 14.9 Å². The smallest absolute Gasteiger partial charge is 0.272 e. The van der Waals surface area contributed by atoms with Gasteiger partial charge < -0.3 is 11.5 Å². The fourth-order valence-electron chi connectivity index (χ4n) is 1.69. The second-order valence-electron chi connectivity index (χ2n) is 4.11. The van der Waals surface area contributed by atoms with Gasteiger partial charge in [0, 0.05) is 23.4 Å². The maximum atomic E-state index is 10.9. The maximum Gasteiger partial charge on any atom is 0.272 e. The Hall–Kier alpha value is -2.35. The summed E-state index contributed by atoms with van der Waals surface area (Å²) in [6.07, 6.45) is 0. The fourth-order valence-corrected chi connectivity index (χ4v) is 2.63. The van der Waals surface area contributed by atoms with Gasteiger partial charge in [-0.05, 0) is 12.5 Å². The van der Waals surface area contributed by atoms with Crippen molar-refractivity contribution in [1.82, 2.24) is 9.97 Å². The Morgan fingerprint density at radius 2 is 1.95 bits per heavy atom. The summed E-state index contributed by atoms with van der Waals surface area (Å²) in [4.78, 5) is 18.6. The number of anilines is 2. The van der Waals surface area contributed by atoms with Crippen molar-refractivity contribution >= 4 is 29.1 Å². The highest BCUT2D eigenvalue weighted by Gasteiger charge is 2.13. The summed E-state index contributed by atoms with van der Waals surface area (Å²) >= 11 is 1.33. The SMILES string of the molecule is Cc1c(CSc2nc(N)cc(N)n2)cccc1[N+](=O)[O-]. The van der Waals surface area contributed by atoms with Crippen LogP contribution in [0.25, 0.3) is 0 Å². The van der Waals surface area contributed by atoms with Crippen molar-refractivity contribution in [1.29, 1.82) is 0 Å².